The molecule has 0 saturated carbocycles. The van der Waals surface area contributed by atoms with E-state index >= 15 is 0 Å². The quantitative estimate of drug-likeness (QED) is 0.181. The van der Waals surface area contributed by atoms with Crippen LogP contribution in [0, 0.1) is 13.8 Å². The summed E-state index contributed by atoms with van der Waals surface area (Å²) in [6.45, 7) is 8.46. The second-order valence-electron chi connectivity index (χ2n) is 15.5. The zero-order valence-corrected chi connectivity index (χ0v) is 40.6. The molecule has 0 amide bonds. The largest absolute Gasteiger partial charge is 0.425 e. The summed E-state index contributed by atoms with van der Waals surface area (Å²) in [5.41, 5.74) is 2.88. The molecule has 380 valence electrons. The number of ether oxygens (including phenoxy) is 4. The minimum absolute atomic E-state index is 0.000971. The van der Waals surface area contributed by atoms with Crippen molar-refractivity contribution in [2.75, 3.05) is 26.4 Å². The van der Waals surface area contributed by atoms with Crippen molar-refractivity contribution in [2.24, 2.45) is 0 Å². The lowest BCUT2D eigenvalue weighted by Crippen LogP contribution is -2.28. The maximum atomic E-state index is 11.7. The first kappa shape index (κ1) is 55.2. The molecule has 0 bridgehead atoms. The van der Waals surface area contributed by atoms with Gasteiger partial charge >= 0.3 is 65.5 Å². The van der Waals surface area contributed by atoms with Crippen LogP contribution >= 0.6 is 0 Å². The van der Waals surface area contributed by atoms with Gasteiger partial charge in [0.1, 0.15) is 49.4 Å². The number of para-hydroxylation sites is 2. The summed E-state index contributed by atoms with van der Waals surface area (Å²) >= 11 is 0. The van der Waals surface area contributed by atoms with E-state index in [4.69, 9.17) is 18.9 Å². The predicted molar refractivity (Wildman–Crippen MR) is 235 cm³/mol. The highest BCUT2D eigenvalue weighted by Crippen LogP contribution is 2.26. The Hall–Kier alpha value is -5.76. The van der Waals surface area contributed by atoms with Crippen LogP contribution in [0.15, 0.2) is 103 Å². The average Bonchev–Trinajstić information content (AvgIpc) is 4.07. The third-order valence-corrected chi connectivity index (χ3v) is 12.5. The SMILES string of the molecule is CC(C)(C)c1ccc(OC(=O)C2COS(=O)(=O)O2)cc1.Cc1ccc(OC(=O)C2COS(=O)(=O)O2)cc1.Cc1ccccc1OC(=O)C1COS(=O)(=O)O1.O=C(Oc1ccccc1)C1COS(=O)(=O)O1. The van der Waals surface area contributed by atoms with Crippen LogP contribution in [0.25, 0.3) is 0 Å². The van der Waals surface area contributed by atoms with E-state index in [2.05, 4.69) is 54.2 Å². The molecule has 24 nitrogen and oxygen atoms in total. The molecule has 0 aliphatic carbocycles. The van der Waals surface area contributed by atoms with E-state index in [9.17, 15) is 52.8 Å². The Labute approximate surface area is 402 Å². The monoisotopic (exact) mass is 1060 g/mol. The van der Waals surface area contributed by atoms with Gasteiger partial charge in [0.15, 0.2) is 0 Å². The Morgan fingerprint density at radius 2 is 0.743 bits per heavy atom. The molecule has 4 unspecified atom stereocenters. The van der Waals surface area contributed by atoms with Crippen molar-refractivity contribution in [1.29, 1.82) is 0 Å². The molecule has 0 aromatic heterocycles. The van der Waals surface area contributed by atoms with Crippen LogP contribution in [-0.4, -0.2) is 108 Å². The van der Waals surface area contributed by atoms with E-state index in [1.54, 1.807) is 97.9 Å². The van der Waals surface area contributed by atoms with Gasteiger partial charge in [-0.15, -0.1) is 0 Å². The summed E-state index contributed by atoms with van der Waals surface area (Å²) < 4.78 is 141. The van der Waals surface area contributed by atoms with Crippen molar-refractivity contribution in [1.82, 2.24) is 0 Å². The molecule has 4 aromatic rings. The van der Waals surface area contributed by atoms with Crippen LogP contribution in [0.5, 0.6) is 23.0 Å². The van der Waals surface area contributed by atoms with Gasteiger partial charge in [-0.2, -0.15) is 33.7 Å². The highest BCUT2D eigenvalue weighted by Gasteiger charge is 2.39. The molecule has 4 aliphatic rings. The molecule has 0 N–H and O–H groups in total. The van der Waals surface area contributed by atoms with Crippen molar-refractivity contribution in [3.8, 4) is 23.0 Å². The van der Waals surface area contributed by atoms with Gasteiger partial charge in [0.25, 0.3) is 0 Å². The van der Waals surface area contributed by atoms with Gasteiger partial charge < -0.3 is 18.9 Å². The van der Waals surface area contributed by atoms with Gasteiger partial charge in [0, 0.05) is 0 Å². The molecular formula is C42H44O24S4. The molecule has 4 atom stereocenters. The number of hydrogen-bond donors (Lipinski definition) is 0. The second kappa shape index (κ2) is 23.4. The Balaban J connectivity index is 0.000000174. The summed E-state index contributed by atoms with van der Waals surface area (Å²) in [7, 11) is -16.2. The third-order valence-electron chi connectivity index (χ3n) is 8.89. The first-order chi connectivity index (χ1) is 32.7. The summed E-state index contributed by atoms with van der Waals surface area (Å²) in [4.78, 5) is 46.2. The lowest BCUT2D eigenvalue weighted by Gasteiger charge is -2.19. The van der Waals surface area contributed by atoms with Gasteiger partial charge in [-0.3, -0.25) is 0 Å². The second-order valence-corrected chi connectivity index (χ2v) is 20.4. The Kier molecular flexibility index (Phi) is 18.5. The molecule has 0 spiro atoms. The Bertz CT molecular complexity index is 2940. The highest BCUT2D eigenvalue weighted by atomic mass is 32.3. The minimum atomic E-state index is -4.06. The standard InChI is InChI=1S/C13H16O6S.2C10H10O6S.C9H8O6S/c1-13(2,3)9-4-6-10(7-5-9)18-12(14)11-8-17-20(15,16)19-11;1-7-2-4-8(5-3-7)15-10(11)9-6-14-17(12,13)16-9;1-7-4-2-3-5-8(7)15-10(11)9-6-14-17(12,13)16-9;10-9(8-6-13-16(11,12)15-8)14-7-4-2-1-3-5-7/h4-7,11H,8H2,1-3H3;2*2-5,9H,6H2,1H3;1-5,8H,6H2. The van der Waals surface area contributed by atoms with E-state index in [-0.39, 0.29) is 31.8 Å². The van der Waals surface area contributed by atoms with Crippen molar-refractivity contribution in [3.63, 3.8) is 0 Å². The normalized spacial score (nSPS) is 22.2. The highest BCUT2D eigenvalue weighted by molar-refractivity contribution is 7.82. The fraction of sp³-hybridized carbons (Fsp3) is 0.333. The minimum Gasteiger partial charge on any atom is -0.425 e. The van der Waals surface area contributed by atoms with Gasteiger partial charge in [0.2, 0.25) is 24.4 Å². The first-order valence-corrected chi connectivity index (χ1v) is 25.5. The average molecular weight is 1060 g/mol. The van der Waals surface area contributed by atoms with E-state index in [0.717, 1.165) is 16.7 Å². The van der Waals surface area contributed by atoms with Crippen molar-refractivity contribution >= 4 is 65.5 Å². The molecule has 4 fully saturated rings. The number of benzene rings is 4. The fourth-order valence-electron chi connectivity index (χ4n) is 5.31. The molecule has 4 saturated heterocycles. The summed E-state index contributed by atoms with van der Waals surface area (Å²) in [5, 5.41) is 0. The number of hydrogen-bond acceptors (Lipinski definition) is 24. The summed E-state index contributed by atoms with van der Waals surface area (Å²) in [6.07, 6.45) is -4.95. The lowest BCUT2D eigenvalue weighted by atomic mass is 9.87. The van der Waals surface area contributed by atoms with E-state index < -0.39 is 89.9 Å². The fourth-order valence-corrected chi connectivity index (χ4v) is 8.37. The van der Waals surface area contributed by atoms with E-state index in [1.807, 2.05) is 19.1 Å². The van der Waals surface area contributed by atoms with Gasteiger partial charge in [-0.05, 0) is 72.9 Å². The van der Waals surface area contributed by atoms with Crippen molar-refractivity contribution in [3.05, 3.63) is 120 Å². The van der Waals surface area contributed by atoms with Crippen LogP contribution in [0.1, 0.15) is 37.5 Å². The summed E-state index contributed by atoms with van der Waals surface area (Å²) in [5.74, 6) is -1.84. The van der Waals surface area contributed by atoms with Gasteiger partial charge in [-0.25, -0.2) is 52.6 Å². The van der Waals surface area contributed by atoms with Crippen LogP contribution in [0.3, 0.4) is 0 Å². The molecule has 4 aromatic carbocycles. The van der Waals surface area contributed by atoms with Crippen LogP contribution in [-0.2, 0) is 99.7 Å². The van der Waals surface area contributed by atoms with Crippen LogP contribution in [0.2, 0.25) is 0 Å². The Morgan fingerprint density at radius 3 is 1.07 bits per heavy atom. The maximum absolute atomic E-state index is 11.7. The maximum Gasteiger partial charge on any atom is 0.400 e. The van der Waals surface area contributed by atoms with Gasteiger partial charge in [0.05, 0.1) is 0 Å². The molecular weight excluding hydrogens is 1020 g/mol. The van der Waals surface area contributed by atoms with Crippen LogP contribution in [0.4, 0.5) is 0 Å². The molecule has 4 heterocycles. The molecule has 4 aliphatic heterocycles. The third kappa shape index (κ3) is 17.6. The predicted octanol–water partition coefficient (Wildman–Crippen LogP) is 2.92. The lowest BCUT2D eigenvalue weighted by molar-refractivity contribution is -0.142. The van der Waals surface area contributed by atoms with Crippen molar-refractivity contribution in [2.45, 2.75) is 64.4 Å². The molecule has 8 rings (SSSR count). The molecule has 28 heteroatoms. The number of esters is 4. The molecule has 70 heavy (non-hydrogen) atoms. The number of rotatable bonds is 8. The number of carbonyl (C=O) groups is 4. The van der Waals surface area contributed by atoms with Crippen molar-refractivity contribution < 1.29 is 105 Å². The zero-order valence-electron chi connectivity index (χ0n) is 37.4. The topological polar surface area (TPSA) is 316 Å². The zero-order chi connectivity index (χ0) is 51.5. The first-order valence-electron chi connectivity index (χ1n) is 20.1. The van der Waals surface area contributed by atoms with Crippen LogP contribution < -0.4 is 18.9 Å². The number of carbonyl (C=O) groups excluding carboxylic acids is 4. The molecule has 0 radical (unpaired) electrons. The van der Waals surface area contributed by atoms with Gasteiger partial charge in [-0.1, -0.05) is 87.0 Å². The smallest absolute Gasteiger partial charge is 0.400 e. The number of aryl methyl sites for hydroxylation is 2. The summed E-state index contributed by atoms with van der Waals surface area (Å²) in [6, 6.07) is 28.9. The van der Waals surface area contributed by atoms with E-state index in [1.165, 1.54) is 0 Å². The Morgan fingerprint density at radius 1 is 0.429 bits per heavy atom. The van der Waals surface area contributed by atoms with E-state index in [0.29, 0.717) is 23.0 Å².